The second-order valence-corrected chi connectivity index (χ2v) is 9.33. The highest BCUT2D eigenvalue weighted by molar-refractivity contribution is 6.24. The fraction of sp³-hybridized carbons (Fsp3) is 0.172. The Morgan fingerprint density at radius 2 is 1.78 bits per heavy atom. The smallest absolute Gasteiger partial charge is 0.297 e. The number of aryl methyl sites for hydroxylation is 3. The molecule has 2 aromatic carbocycles. The molecular weight excluding hydrogens is 454 g/mol. The molecule has 36 heavy (non-hydrogen) atoms. The van der Waals surface area contributed by atoms with E-state index >= 15 is 0 Å². The van der Waals surface area contributed by atoms with E-state index in [1.807, 2.05) is 39.0 Å². The molecule has 0 radical (unpaired) electrons. The van der Waals surface area contributed by atoms with Crippen molar-refractivity contribution >= 4 is 34.3 Å². The van der Waals surface area contributed by atoms with Gasteiger partial charge < -0.3 is 9.32 Å². The van der Waals surface area contributed by atoms with Crippen LogP contribution in [0.3, 0.4) is 0 Å². The van der Waals surface area contributed by atoms with Crippen molar-refractivity contribution in [2.75, 3.05) is 16.3 Å². The molecule has 0 bridgehead atoms. The number of anilines is 2. The van der Waals surface area contributed by atoms with Crippen molar-refractivity contribution in [1.29, 1.82) is 0 Å². The van der Waals surface area contributed by atoms with Crippen LogP contribution in [0, 0.1) is 20.8 Å². The van der Waals surface area contributed by atoms with Gasteiger partial charge in [-0.15, -0.1) is 6.58 Å². The second-order valence-electron chi connectivity index (χ2n) is 9.33. The number of benzene rings is 2. The number of aromatic nitrogens is 1. The molecule has 7 nitrogen and oxygen atoms in total. The molecule has 2 aromatic heterocycles. The van der Waals surface area contributed by atoms with Crippen LogP contribution in [-0.2, 0) is 10.3 Å². The van der Waals surface area contributed by atoms with Gasteiger partial charge >= 0.3 is 0 Å². The SMILES string of the molecule is C=CCN1C(=O)C2(c3ccccc31)c1c(oc3cc(C)c(C)cc3c1=O)C(=O)N2c1cc(C)ccn1. The van der Waals surface area contributed by atoms with E-state index in [1.165, 1.54) is 4.90 Å². The van der Waals surface area contributed by atoms with Gasteiger partial charge in [0.05, 0.1) is 16.6 Å². The molecule has 4 aromatic rings. The summed E-state index contributed by atoms with van der Waals surface area (Å²) >= 11 is 0. The van der Waals surface area contributed by atoms with Crippen LogP contribution in [0.5, 0.6) is 0 Å². The summed E-state index contributed by atoms with van der Waals surface area (Å²) in [5, 5.41) is 0.329. The lowest BCUT2D eigenvalue weighted by Crippen LogP contribution is -2.54. The fourth-order valence-electron chi connectivity index (χ4n) is 5.42. The molecule has 0 N–H and O–H groups in total. The zero-order valence-electron chi connectivity index (χ0n) is 20.2. The van der Waals surface area contributed by atoms with Crippen molar-refractivity contribution < 1.29 is 14.0 Å². The standard InChI is InChI=1S/C29H23N3O4/c1-5-12-31-21-9-7-6-8-20(21)29(28(31)35)24-25(33)19-14-17(3)18(4)15-22(19)36-26(24)27(34)32(29)23-13-16(2)10-11-30-23/h5-11,13-15H,1,12H2,2-4H3. The lowest BCUT2D eigenvalue weighted by molar-refractivity contribution is -0.121. The van der Waals surface area contributed by atoms with Crippen LogP contribution in [-0.4, -0.2) is 23.3 Å². The summed E-state index contributed by atoms with van der Waals surface area (Å²) in [6.07, 6.45) is 3.20. The Morgan fingerprint density at radius 3 is 2.53 bits per heavy atom. The minimum absolute atomic E-state index is 0.0237. The van der Waals surface area contributed by atoms with Gasteiger partial charge in [0, 0.05) is 18.3 Å². The van der Waals surface area contributed by atoms with Gasteiger partial charge in [-0.2, -0.15) is 0 Å². The predicted octanol–water partition coefficient (Wildman–Crippen LogP) is 4.55. The van der Waals surface area contributed by atoms with Crippen molar-refractivity contribution in [3.8, 4) is 0 Å². The van der Waals surface area contributed by atoms with E-state index in [1.54, 1.807) is 47.5 Å². The minimum atomic E-state index is -1.75. The molecule has 2 amide bonds. The van der Waals surface area contributed by atoms with E-state index < -0.39 is 22.8 Å². The number of amides is 2. The van der Waals surface area contributed by atoms with E-state index in [0.717, 1.165) is 16.7 Å². The molecule has 0 saturated carbocycles. The summed E-state index contributed by atoms with van der Waals surface area (Å²) in [6.45, 7) is 9.72. The lowest BCUT2D eigenvalue weighted by Gasteiger charge is -2.33. The highest BCUT2D eigenvalue weighted by atomic mass is 16.3. The van der Waals surface area contributed by atoms with Gasteiger partial charge in [0.1, 0.15) is 11.4 Å². The second kappa shape index (κ2) is 7.49. The Bertz CT molecular complexity index is 1700. The number of carbonyl (C=O) groups is 2. The van der Waals surface area contributed by atoms with Crippen molar-refractivity contribution in [2.45, 2.75) is 26.3 Å². The molecule has 1 atom stereocenters. The molecule has 0 fully saturated rings. The molecule has 0 saturated heterocycles. The van der Waals surface area contributed by atoms with Crippen LogP contribution in [0.2, 0.25) is 0 Å². The van der Waals surface area contributed by atoms with Gasteiger partial charge in [-0.25, -0.2) is 4.98 Å². The monoisotopic (exact) mass is 477 g/mol. The first kappa shape index (κ1) is 22.0. The number of carbonyl (C=O) groups excluding carboxylic acids is 2. The average molecular weight is 478 g/mol. The molecule has 1 spiro atoms. The summed E-state index contributed by atoms with van der Waals surface area (Å²) in [5.74, 6) is -0.869. The highest BCUT2D eigenvalue weighted by Gasteiger charge is 2.65. The third kappa shape index (κ3) is 2.62. The maximum atomic E-state index is 14.4. The van der Waals surface area contributed by atoms with Crippen molar-refractivity contribution in [2.24, 2.45) is 0 Å². The third-order valence-corrected chi connectivity index (χ3v) is 7.18. The van der Waals surface area contributed by atoms with E-state index in [4.69, 9.17) is 4.42 Å². The van der Waals surface area contributed by atoms with E-state index in [2.05, 4.69) is 11.6 Å². The maximum Gasteiger partial charge on any atom is 0.297 e. The zero-order chi connectivity index (χ0) is 25.4. The van der Waals surface area contributed by atoms with Crippen molar-refractivity contribution in [1.82, 2.24) is 4.98 Å². The molecule has 0 aliphatic carbocycles. The topological polar surface area (TPSA) is 83.7 Å². The molecule has 2 aliphatic heterocycles. The predicted molar refractivity (Wildman–Crippen MR) is 138 cm³/mol. The number of hydrogen-bond acceptors (Lipinski definition) is 5. The van der Waals surface area contributed by atoms with Gasteiger partial charge in [-0.3, -0.25) is 19.3 Å². The largest absolute Gasteiger partial charge is 0.450 e. The van der Waals surface area contributed by atoms with Gasteiger partial charge in [0.15, 0.2) is 11.0 Å². The Balaban J connectivity index is 1.79. The number of rotatable bonds is 3. The molecular formula is C29H23N3O4. The molecule has 6 rings (SSSR count). The van der Waals surface area contributed by atoms with Gasteiger partial charge in [0.2, 0.25) is 5.76 Å². The zero-order valence-corrected chi connectivity index (χ0v) is 20.2. The first-order valence-electron chi connectivity index (χ1n) is 11.7. The molecule has 1 unspecified atom stereocenters. The summed E-state index contributed by atoms with van der Waals surface area (Å²) < 4.78 is 6.15. The molecule has 178 valence electrons. The van der Waals surface area contributed by atoms with Crippen LogP contribution in [0.15, 0.2) is 76.6 Å². The van der Waals surface area contributed by atoms with Gasteiger partial charge in [-0.1, -0.05) is 24.3 Å². The number of fused-ring (bicyclic) bond motifs is 5. The van der Waals surface area contributed by atoms with Crippen LogP contribution in [0.1, 0.15) is 38.4 Å². The maximum absolute atomic E-state index is 14.4. The highest BCUT2D eigenvalue weighted by Crippen LogP contribution is 2.53. The Labute approximate surface area is 207 Å². The van der Waals surface area contributed by atoms with Gasteiger partial charge in [-0.05, 0) is 67.8 Å². The number of pyridine rings is 1. The lowest BCUT2D eigenvalue weighted by atomic mass is 9.83. The average Bonchev–Trinajstić information content (AvgIpc) is 3.25. The number of hydrogen-bond donors (Lipinski definition) is 0. The van der Waals surface area contributed by atoms with Crippen LogP contribution < -0.4 is 15.2 Å². The molecule has 4 heterocycles. The van der Waals surface area contributed by atoms with Crippen LogP contribution in [0.25, 0.3) is 11.0 Å². The minimum Gasteiger partial charge on any atom is -0.450 e. The number of para-hydroxylation sites is 1. The third-order valence-electron chi connectivity index (χ3n) is 7.18. The summed E-state index contributed by atoms with van der Waals surface area (Å²) in [5.41, 5.74) is 2.03. The first-order chi connectivity index (χ1) is 17.3. The summed E-state index contributed by atoms with van der Waals surface area (Å²) in [6, 6.07) is 14.3. The fourth-order valence-corrected chi connectivity index (χ4v) is 5.42. The first-order valence-corrected chi connectivity index (χ1v) is 11.7. The molecule has 7 heteroatoms. The quantitative estimate of drug-likeness (QED) is 0.404. The van der Waals surface area contributed by atoms with E-state index in [9.17, 15) is 14.4 Å². The van der Waals surface area contributed by atoms with E-state index in [-0.39, 0.29) is 23.7 Å². The van der Waals surface area contributed by atoms with Gasteiger partial charge in [0.25, 0.3) is 11.8 Å². The normalized spacial score (nSPS) is 18.3. The summed E-state index contributed by atoms with van der Waals surface area (Å²) in [4.78, 5) is 50.1. The van der Waals surface area contributed by atoms with E-state index in [0.29, 0.717) is 22.2 Å². The Hall–Kier alpha value is -4.52. The number of nitrogens with zero attached hydrogens (tertiary/aromatic N) is 3. The van der Waals surface area contributed by atoms with Crippen molar-refractivity contribution in [3.05, 3.63) is 111 Å². The van der Waals surface area contributed by atoms with Crippen LogP contribution in [0.4, 0.5) is 11.5 Å². The summed E-state index contributed by atoms with van der Waals surface area (Å²) in [7, 11) is 0. The van der Waals surface area contributed by atoms with Crippen LogP contribution >= 0.6 is 0 Å². The molecule has 2 aliphatic rings. The Kier molecular flexibility index (Phi) is 4.57. The Morgan fingerprint density at radius 1 is 1.03 bits per heavy atom. The van der Waals surface area contributed by atoms with Crippen molar-refractivity contribution in [3.63, 3.8) is 0 Å².